The lowest BCUT2D eigenvalue weighted by molar-refractivity contribution is 0.0525. The lowest BCUT2D eigenvalue weighted by Gasteiger charge is -2.16. The van der Waals surface area contributed by atoms with E-state index in [2.05, 4.69) is 0 Å². The third-order valence-electron chi connectivity index (χ3n) is 3.96. The van der Waals surface area contributed by atoms with Crippen LogP contribution in [0, 0.1) is 0 Å². The molecule has 2 aromatic rings. The number of fused-ring (bicyclic) bond motifs is 2. The molecule has 118 valence electrons. The molecule has 1 aromatic carbocycles. The summed E-state index contributed by atoms with van der Waals surface area (Å²) >= 11 is 0. The van der Waals surface area contributed by atoms with E-state index < -0.39 is 5.97 Å². The van der Waals surface area contributed by atoms with Gasteiger partial charge in [-0.1, -0.05) is 24.3 Å². The van der Waals surface area contributed by atoms with E-state index in [1.165, 1.54) is 4.57 Å². The van der Waals surface area contributed by atoms with Crippen LogP contribution in [0.15, 0.2) is 24.3 Å². The highest BCUT2D eigenvalue weighted by molar-refractivity contribution is 6.31. The maximum Gasteiger partial charge on any atom is 0.342 e. The van der Waals surface area contributed by atoms with Crippen molar-refractivity contribution in [2.45, 2.75) is 20.4 Å². The van der Waals surface area contributed by atoms with Gasteiger partial charge in [0.2, 0.25) is 5.78 Å². The SMILES string of the molecule is CCOC(=O)c1c2c(n(CC)c1N)C(=O)c1ccccc1C2=O. The second-order valence-corrected chi connectivity index (χ2v) is 5.15. The summed E-state index contributed by atoms with van der Waals surface area (Å²) in [5.74, 6) is -1.28. The summed E-state index contributed by atoms with van der Waals surface area (Å²) in [6.07, 6.45) is 0. The molecule has 1 aliphatic carbocycles. The smallest absolute Gasteiger partial charge is 0.342 e. The highest BCUT2D eigenvalue weighted by Gasteiger charge is 2.39. The average molecular weight is 312 g/mol. The lowest BCUT2D eigenvalue weighted by Crippen LogP contribution is -2.24. The summed E-state index contributed by atoms with van der Waals surface area (Å²) in [6, 6.07) is 6.56. The van der Waals surface area contributed by atoms with Gasteiger partial charge in [0.15, 0.2) is 5.78 Å². The fourth-order valence-corrected chi connectivity index (χ4v) is 2.97. The fraction of sp³-hybridized carbons (Fsp3) is 0.235. The lowest BCUT2D eigenvalue weighted by atomic mass is 9.86. The molecule has 0 aliphatic heterocycles. The first kappa shape index (κ1) is 15.0. The molecule has 2 N–H and O–H groups in total. The van der Waals surface area contributed by atoms with Crippen molar-refractivity contribution in [3.63, 3.8) is 0 Å². The molecular formula is C17H16N2O4. The van der Waals surface area contributed by atoms with Crippen LogP contribution in [0.3, 0.4) is 0 Å². The number of ketones is 2. The van der Waals surface area contributed by atoms with Crippen LogP contribution in [0.5, 0.6) is 0 Å². The van der Waals surface area contributed by atoms with Gasteiger partial charge >= 0.3 is 5.97 Å². The van der Waals surface area contributed by atoms with Crippen molar-refractivity contribution in [1.82, 2.24) is 4.57 Å². The number of carbonyl (C=O) groups excluding carboxylic acids is 3. The van der Waals surface area contributed by atoms with Crippen LogP contribution >= 0.6 is 0 Å². The van der Waals surface area contributed by atoms with Gasteiger partial charge in [-0.05, 0) is 13.8 Å². The van der Waals surface area contributed by atoms with Crippen molar-refractivity contribution < 1.29 is 19.1 Å². The van der Waals surface area contributed by atoms with Crippen LogP contribution in [0.25, 0.3) is 0 Å². The molecule has 1 aromatic heterocycles. The minimum Gasteiger partial charge on any atom is -0.462 e. The van der Waals surface area contributed by atoms with Gasteiger partial charge < -0.3 is 15.0 Å². The quantitative estimate of drug-likeness (QED) is 0.747. The molecule has 23 heavy (non-hydrogen) atoms. The standard InChI is InChI=1S/C17H16N2O4/c1-3-19-13-11(12(16(19)18)17(22)23-4-2)14(20)9-7-5-6-8-10(9)15(13)21/h5-8H,3-4,18H2,1-2H3. The maximum absolute atomic E-state index is 12.8. The predicted octanol–water partition coefficient (Wildman–Crippen LogP) is 2.04. The molecule has 0 fully saturated rings. The summed E-state index contributed by atoms with van der Waals surface area (Å²) in [5.41, 5.74) is 6.84. The molecule has 0 radical (unpaired) electrons. The summed E-state index contributed by atoms with van der Waals surface area (Å²) in [5, 5.41) is 0. The molecule has 0 amide bonds. The first-order chi connectivity index (χ1) is 11.0. The highest BCUT2D eigenvalue weighted by Crippen LogP contribution is 2.35. The molecule has 1 heterocycles. The number of carbonyl (C=O) groups is 3. The number of anilines is 1. The number of benzene rings is 1. The van der Waals surface area contributed by atoms with E-state index in [4.69, 9.17) is 10.5 Å². The van der Waals surface area contributed by atoms with Gasteiger partial charge in [0.25, 0.3) is 0 Å². The zero-order chi connectivity index (χ0) is 16.7. The molecular weight excluding hydrogens is 296 g/mol. The Morgan fingerprint density at radius 1 is 1.13 bits per heavy atom. The normalized spacial score (nSPS) is 12.8. The van der Waals surface area contributed by atoms with Crippen molar-refractivity contribution in [1.29, 1.82) is 0 Å². The Labute approximate surface area is 132 Å². The van der Waals surface area contributed by atoms with E-state index in [0.29, 0.717) is 12.1 Å². The van der Waals surface area contributed by atoms with E-state index in [9.17, 15) is 14.4 Å². The van der Waals surface area contributed by atoms with Crippen molar-refractivity contribution >= 4 is 23.4 Å². The predicted molar refractivity (Wildman–Crippen MR) is 83.8 cm³/mol. The van der Waals surface area contributed by atoms with Gasteiger partial charge in [-0.15, -0.1) is 0 Å². The van der Waals surface area contributed by atoms with Gasteiger partial charge in [0.05, 0.1) is 12.2 Å². The zero-order valence-electron chi connectivity index (χ0n) is 12.9. The topological polar surface area (TPSA) is 91.4 Å². The van der Waals surface area contributed by atoms with Gasteiger partial charge in [-0.2, -0.15) is 0 Å². The average Bonchev–Trinajstić information content (AvgIpc) is 2.85. The van der Waals surface area contributed by atoms with Crippen molar-refractivity contribution in [2.75, 3.05) is 12.3 Å². The monoisotopic (exact) mass is 312 g/mol. The molecule has 0 bridgehead atoms. The summed E-state index contributed by atoms with van der Waals surface area (Å²) in [6.45, 7) is 3.99. The molecule has 0 unspecified atom stereocenters. The second-order valence-electron chi connectivity index (χ2n) is 5.15. The Kier molecular flexibility index (Phi) is 3.52. The molecule has 0 spiro atoms. The molecule has 1 aliphatic rings. The van der Waals surface area contributed by atoms with Gasteiger partial charge in [0.1, 0.15) is 17.1 Å². The van der Waals surface area contributed by atoms with Crippen LogP contribution in [-0.2, 0) is 11.3 Å². The number of nitrogen functional groups attached to an aromatic ring is 1. The first-order valence-electron chi connectivity index (χ1n) is 7.40. The summed E-state index contributed by atoms with van der Waals surface area (Å²) < 4.78 is 6.51. The van der Waals surface area contributed by atoms with E-state index in [0.717, 1.165) is 0 Å². The van der Waals surface area contributed by atoms with Gasteiger partial charge in [0, 0.05) is 17.7 Å². The van der Waals surface area contributed by atoms with Crippen molar-refractivity contribution in [2.24, 2.45) is 0 Å². The fourth-order valence-electron chi connectivity index (χ4n) is 2.97. The molecule has 0 saturated carbocycles. The van der Waals surface area contributed by atoms with Gasteiger partial charge in [-0.25, -0.2) is 4.79 Å². The third kappa shape index (κ3) is 1.98. The number of ether oxygens (including phenoxy) is 1. The van der Waals surface area contributed by atoms with Crippen LogP contribution < -0.4 is 5.73 Å². The van der Waals surface area contributed by atoms with E-state index in [-0.39, 0.29) is 46.4 Å². The third-order valence-corrected chi connectivity index (χ3v) is 3.96. The second kappa shape index (κ2) is 5.39. The molecule has 0 saturated heterocycles. The van der Waals surface area contributed by atoms with Crippen LogP contribution in [0.4, 0.5) is 5.82 Å². The Bertz CT molecular complexity index is 849. The summed E-state index contributed by atoms with van der Waals surface area (Å²) in [4.78, 5) is 37.9. The molecule has 6 nitrogen and oxygen atoms in total. The maximum atomic E-state index is 12.8. The number of rotatable bonds is 3. The van der Waals surface area contributed by atoms with Crippen molar-refractivity contribution in [3.8, 4) is 0 Å². The minimum absolute atomic E-state index is 0.0171. The number of esters is 1. The summed E-state index contributed by atoms with van der Waals surface area (Å²) in [7, 11) is 0. The molecule has 3 rings (SSSR count). The minimum atomic E-state index is -0.686. The van der Waals surface area contributed by atoms with Crippen LogP contribution in [-0.4, -0.2) is 28.7 Å². The number of nitrogens with zero attached hydrogens (tertiary/aromatic N) is 1. The number of aromatic nitrogens is 1. The molecule has 6 heteroatoms. The number of hydrogen-bond acceptors (Lipinski definition) is 5. The Morgan fingerprint density at radius 2 is 1.74 bits per heavy atom. The van der Waals surface area contributed by atoms with Crippen LogP contribution in [0.2, 0.25) is 0 Å². The van der Waals surface area contributed by atoms with Crippen LogP contribution in [0.1, 0.15) is 56.2 Å². The number of hydrogen-bond donors (Lipinski definition) is 1. The van der Waals surface area contributed by atoms with E-state index >= 15 is 0 Å². The Morgan fingerprint density at radius 3 is 2.30 bits per heavy atom. The zero-order valence-corrected chi connectivity index (χ0v) is 12.9. The van der Waals surface area contributed by atoms with E-state index in [1.807, 2.05) is 0 Å². The molecule has 0 atom stereocenters. The van der Waals surface area contributed by atoms with Gasteiger partial charge in [-0.3, -0.25) is 9.59 Å². The van der Waals surface area contributed by atoms with Crippen molar-refractivity contribution in [3.05, 3.63) is 52.2 Å². The number of nitrogens with two attached hydrogens (primary N) is 1. The Balaban J connectivity index is 2.34. The Hall–Kier alpha value is -2.89. The largest absolute Gasteiger partial charge is 0.462 e. The highest BCUT2D eigenvalue weighted by atomic mass is 16.5. The first-order valence-corrected chi connectivity index (χ1v) is 7.40. The van der Waals surface area contributed by atoms with E-state index in [1.54, 1.807) is 38.1 Å².